The second-order valence-electron chi connectivity index (χ2n) is 2.16. The molecule has 1 N–H and O–H groups in total. The lowest BCUT2D eigenvalue weighted by Crippen LogP contribution is -1.96. The molecular weight excluding hydrogens is 213 g/mol. The third kappa shape index (κ3) is 5.44. The van der Waals surface area contributed by atoms with Gasteiger partial charge in [-0.05, 0) is 18.6 Å². The molecule has 5 heteroatoms. The lowest BCUT2D eigenvalue weighted by Gasteiger charge is -1.92. The molecule has 0 aliphatic rings. The number of carbonyl (C=O) groups is 1. The van der Waals surface area contributed by atoms with E-state index < -0.39 is 5.97 Å². The van der Waals surface area contributed by atoms with E-state index >= 15 is 0 Å². The van der Waals surface area contributed by atoms with Crippen molar-refractivity contribution in [1.29, 1.82) is 0 Å². The molecule has 72 valence electrons. The fourth-order valence-electron chi connectivity index (χ4n) is 0.672. The maximum Gasteiger partial charge on any atom is 0.337 e. The molecule has 1 heterocycles. The minimum Gasteiger partial charge on any atom is -0.478 e. The summed E-state index contributed by atoms with van der Waals surface area (Å²) in [5, 5.41) is 8.66. The average Bonchev–Trinajstić information content (AvgIpc) is 2.05. The molecule has 0 bridgehead atoms. The highest BCUT2D eigenvalue weighted by atomic mass is 35.5. The van der Waals surface area contributed by atoms with Gasteiger partial charge in [0.05, 0.1) is 10.9 Å². The van der Waals surface area contributed by atoms with Gasteiger partial charge >= 0.3 is 5.97 Å². The van der Waals surface area contributed by atoms with E-state index in [2.05, 4.69) is 4.98 Å². The number of aryl methyl sites for hydroxylation is 1. The molecule has 0 fully saturated rings. The van der Waals surface area contributed by atoms with Gasteiger partial charge in [-0.2, -0.15) is 0 Å². The summed E-state index contributed by atoms with van der Waals surface area (Å²) in [4.78, 5) is 14.0. The van der Waals surface area contributed by atoms with Crippen LogP contribution in [0.1, 0.15) is 15.9 Å². The molecule has 13 heavy (non-hydrogen) atoms. The standard InChI is InChI=1S/C7H7NO2.CH2Cl2/c1-5-2-6(7(9)10)4-8-3-5;2-1-3/h2-4H,1H3,(H,9,10);1H2. The van der Waals surface area contributed by atoms with Crippen LogP contribution in [0.3, 0.4) is 0 Å². The Balaban J connectivity index is 0.000000424. The Bertz CT molecular complexity index is 279. The van der Waals surface area contributed by atoms with E-state index in [1.54, 1.807) is 19.2 Å². The fourth-order valence-corrected chi connectivity index (χ4v) is 0.672. The normalized spacial score (nSPS) is 8.54. The first-order valence-electron chi connectivity index (χ1n) is 3.38. The molecule has 1 aromatic rings. The van der Waals surface area contributed by atoms with E-state index in [0.29, 0.717) is 0 Å². The van der Waals surface area contributed by atoms with Crippen molar-refractivity contribution in [2.24, 2.45) is 0 Å². The molecule has 1 rings (SSSR count). The molecule has 0 aliphatic carbocycles. The average molecular weight is 222 g/mol. The van der Waals surface area contributed by atoms with Gasteiger partial charge in [0, 0.05) is 12.4 Å². The molecule has 0 atom stereocenters. The van der Waals surface area contributed by atoms with Gasteiger partial charge in [-0.1, -0.05) is 0 Å². The van der Waals surface area contributed by atoms with Crippen LogP contribution < -0.4 is 0 Å². The highest BCUT2D eigenvalue weighted by Gasteiger charge is 2.00. The first-order valence-corrected chi connectivity index (χ1v) is 4.45. The monoisotopic (exact) mass is 221 g/mol. The van der Waals surface area contributed by atoms with Crippen molar-refractivity contribution in [3.63, 3.8) is 0 Å². The summed E-state index contributed by atoms with van der Waals surface area (Å²) in [5.41, 5.74) is 1.10. The van der Waals surface area contributed by atoms with Crippen molar-refractivity contribution in [3.05, 3.63) is 29.6 Å². The van der Waals surface area contributed by atoms with Gasteiger partial charge in [-0.15, -0.1) is 23.2 Å². The zero-order chi connectivity index (χ0) is 10.3. The maximum absolute atomic E-state index is 10.3. The van der Waals surface area contributed by atoms with Crippen molar-refractivity contribution >= 4 is 29.2 Å². The van der Waals surface area contributed by atoms with E-state index in [9.17, 15) is 4.79 Å². The van der Waals surface area contributed by atoms with Crippen LogP contribution in [0.4, 0.5) is 0 Å². The summed E-state index contributed by atoms with van der Waals surface area (Å²) in [6, 6.07) is 1.58. The first kappa shape index (κ1) is 12.2. The van der Waals surface area contributed by atoms with Crippen LogP contribution in [0.5, 0.6) is 0 Å². The molecule has 1 aromatic heterocycles. The summed E-state index contributed by atoms with van der Waals surface area (Å²) >= 11 is 9.53. The van der Waals surface area contributed by atoms with E-state index in [-0.39, 0.29) is 10.9 Å². The third-order valence-electron chi connectivity index (χ3n) is 1.12. The second kappa shape index (κ2) is 6.69. The number of hydrogen-bond donors (Lipinski definition) is 1. The molecule has 0 aromatic carbocycles. The van der Waals surface area contributed by atoms with Gasteiger partial charge in [-0.25, -0.2) is 4.79 Å². The number of rotatable bonds is 1. The third-order valence-corrected chi connectivity index (χ3v) is 1.12. The van der Waals surface area contributed by atoms with Crippen LogP contribution in [0.2, 0.25) is 0 Å². The lowest BCUT2D eigenvalue weighted by molar-refractivity contribution is 0.0696. The van der Waals surface area contributed by atoms with Crippen LogP contribution in [-0.2, 0) is 0 Å². The summed E-state index contributed by atoms with van der Waals surface area (Å²) in [6.45, 7) is 1.80. The van der Waals surface area contributed by atoms with Gasteiger partial charge in [0.1, 0.15) is 0 Å². The number of carboxylic acid groups (broad SMARTS) is 1. The SMILES string of the molecule is Cc1cncc(C(=O)O)c1.ClCCl. The van der Waals surface area contributed by atoms with Gasteiger partial charge in [0.15, 0.2) is 0 Å². The molecule has 0 spiro atoms. The number of carboxylic acids is 1. The largest absolute Gasteiger partial charge is 0.478 e. The Morgan fingerprint density at radius 2 is 2.08 bits per heavy atom. The van der Waals surface area contributed by atoms with Crippen LogP contribution in [0.25, 0.3) is 0 Å². The quantitative estimate of drug-likeness (QED) is 0.742. The van der Waals surface area contributed by atoms with E-state index in [1.807, 2.05) is 0 Å². The Morgan fingerprint density at radius 1 is 1.54 bits per heavy atom. The Kier molecular flexibility index (Phi) is 6.28. The smallest absolute Gasteiger partial charge is 0.337 e. The maximum atomic E-state index is 10.3. The molecule has 0 amide bonds. The molecule has 0 saturated heterocycles. The zero-order valence-corrected chi connectivity index (χ0v) is 8.51. The van der Waals surface area contributed by atoms with E-state index in [4.69, 9.17) is 28.3 Å². The highest BCUT2D eigenvalue weighted by Crippen LogP contribution is 1.99. The van der Waals surface area contributed by atoms with Gasteiger partial charge in [0.2, 0.25) is 0 Å². The predicted molar refractivity (Wildman–Crippen MR) is 52.5 cm³/mol. The van der Waals surface area contributed by atoms with E-state index in [1.165, 1.54) is 6.20 Å². The molecule has 3 nitrogen and oxygen atoms in total. The van der Waals surface area contributed by atoms with Crippen molar-refractivity contribution < 1.29 is 9.90 Å². The minimum atomic E-state index is -0.934. The number of hydrogen-bond acceptors (Lipinski definition) is 2. The topological polar surface area (TPSA) is 50.2 Å². The molecule has 0 radical (unpaired) electrons. The summed E-state index contributed by atoms with van der Waals surface area (Å²) in [7, 11) is 0. The molecular formula is C8H9Cl2NO2. The number of nitrogens with zero attached hydrogens (tertiary/aromatic N) is 1. The Labute approximate surface area is 86.3 Å². The summed E-state index contributed by atoms with van der Waals surface area (Å²) in [5.74, 6) is -0.934. The fraction of sp³-hybridized carbons (Fsp3) is 0.250. The van der Waals surface area contributed by atoms with Crippen LogP contribution in [-0.4, -0.2) is 21.4 Å². The number of alkyl halides is 2. The van der Waals surface area contributed by atoms with Crippen molar-refractivity contribution in [2.75, 3.05) is 5.34 Å². The number of aromatic nitrogens is 1. The summed E-state index contributed by atoms with van der Waals surface area (Å²) < 4.78 is 0. The van der Waals surface area contributed by atoms with Crippen molar-refractivity contribution in [3.8, 4) is 0 Å². The van der Waals surface area contributed by atoms with Crippen LogP contribution in [0.15, 0.2) is 18.5 Å². The number of aromatic carboxylic acids is 1. The molecule has 0 unspecified atom stereocenters. The second-order valence-corrected chi connectivity index (χ2v) is 2.97. The Morgan fingerprint density at radius 3 is 2.38 bits per heavy atom. The highest BCUT2D eigenvalue weighted by molar-refractivity contribution is 6.40. The lowest BCUT2D eigenvalue weighted by atomic mass is 10.2. The van der Waals surface area contributed by atoms with Crippen LogP contribution >= 0.6 is 23.2 Å². The van der Waals surface area contributed by atoms with Gasteiger partial charge in [-0.3, -0.25) is 4.98 Å². The minimum absolute atomic E-state index is 0.194. The van der Waals surface area contributed by atoms with Gasteiger partial charge < -0.3 is 5.11 Å². The van der Waals surface area contributed by atoms with Crippen molar-refractivity contribution in [1.82, 2.24) is 4.98 Å². The Hall–Kier alpha value is -0.800. The van der Waals surface area contributed by atoms with Crippen molar-refractivity contribution in [2.45, 2.75) is 6.92 Å². The van der Waals surface area contributed by atoms with E-state index in [0.717, 1.165) is 5.56 Å². The predicted octanol–water partition coefficient (Wildman–Crippen LogP) is 2.51. The number of halogens is 2. The van der Waals surface area contributed by atoms with Gasteiger partial charge in [0.25, 0.3) is 0 Å². The zero-order valence-electron chi connectivity index (χ0n) is 7.00. The first-order chi connectivity index (χ1) is 6.11. The van der Waals surface area contributed by atoms with Crippen LogP contribution in [0, 0.1) is 6.92 Å². The molecule has 0 saturated carbocycles. The summed E-state index contributed by atoms with van der Waals surface area (Å²) in [6.07, 6.45) is 2.95. The molecule has 0 aliphatic heterocycles. The number of pyridine rings is 1.